The maximum absolute atomic E-state index is 11.1. The van der Waals surface area contributed by atoms with Crippen LogP contribution in [-0.2, 0) is 0 Å². The number of anilines is 1. The highest BCUT2D eigenvalue weighted by Crippen LogP contribution is 2.26. The Morgan fingerprint density at radius 2 is 2.11 bits per heavy atom. The van der Waals surface area contributed by atoms with Crippen LogP contribution >= 0.6 is 11.3 Å². The van der Waals surface area contributed by atoms with Gasteiger partial charge in [0.15, 0.2) is 0 Å². The molecule has 18 heavy (non-hydrogen) atoms. The molecule has 0 saturated carbocycles. The van der Waals surface area contributed by atoms with E-state index in [0.29, 0.717) is 5.13 Å². The number of nitrogens with two attached hydrogens (primary N) is 2. The molecule has 0 saturated heterocycles. The van der Waals surface area contributed by atoms with Crippen LogP contribution in [0.2, 0.25) is 0 Å². The van der Waals surface area contributed by atoms with E-state index in [1.165, 1.54) is 22.2 Å². The molecule has 3 aromatic rings. The number of para-hydroxylation sites is 1. The minimum atomic E-state index is -0.597. The molecule has 1 aromatic carbocycles. The van der Waals surface area contributed by atoms with Crippen molar-refractivity contribution < 1.29 is 4.79 Å². The Morgan fingerprint density at radius 3 is 2.78 bits per heavy atom. The lowest BCUT2D eigenvalue weighted by Gasteiger charge is -1.98. The van der Waals surface area contributed by atoms with Gasteiger partial charge in [-0.2, -0.15) is 9.78 Å². The maximum Gasteiger partial charge on any atom is 0.254 e. The zero-order valence-electron chi connectivity index (χ0n) is 9.20. The smallest absolute Gasteiger partial charge is 0.254 e. The molecule has 0 aliphatic heterocycles. The molecule has 0 radical (unpaired) electrons. The Balaban J connectivity index is 2.17. The van der Waals surface area contributed by atoms with Crippen LogP contribution in [0.4, 0.5) is 5.82 Å². The second kappa shape index (κ2) is 3.81. The maximum atomic E-state index is 11.1. The average Bonchev–Trinajstić information content (AvgIpc) is 2.91. The van der Waals surface area contributed by atoms with Gasteiger partial charge < -0.3 is 11.5 Å². The number of hydrogen-bond acceptors (Lipinski definition) is 5. The van der Waals surface area contributed by atoms with Crippen molar-refractivity contribution in [2.75, 3.05) is 5.73 Å². The zero-order chi connectivity index (χ0) is 12.7. The van der Waals surface area contributed by atoms with Crippen molar-refractivity contribution in [3.8, 4) is 5.13 Å². The third-order valence-electron chi connectivity index (χ3n) is 2.54. The standard InChI is InChI=1S/C11H9N5OS/c12-9-6(10(13)17)5-14-16(9)11-15-7-3-1-2-4-8(7)18-11/h1-5H,12H2,(H2,13,17). The first-order valence-corrected chi connectivity index (χ1v) is 5.97. The van der Waals surface area contributed by atoms with E-state index in [0.717, 1.165) is 10.2 Å². The molecule has 4 N–H and O–H groups in total. The van der Waals surface area contributed by atoms with Crippen LogP contribution in [0.25, 0.3) is 15.3 Å². The molecule has 2 aromatic heterocycles. The molecule has 0 aliphatic rings. The third-order valence-corrected chi connectivity index (χ3v) is 3.55. The summed E-state index contributed by atoms with van der Waals surface area (Å²) in [7, 11) is 0. The summed E-state index contributed by atoms with van der Waals surface area (Å²) in [5.41, 5.74) is 12.1. The number of carbonyl (C=O) groups excluding carboxylic acids is 1. The molecule has 2 heterocycles. The summed E-state index contributed by atoms with van der Waals surface area (Å²) in [5.74, 6) is -0.388. The van der Waals surface area contributed by atoms with Gasteiger partial charge in [0, 0.05) is 0 Å². The van der Waals surface area contributed by atoms with Crippen LogP contribution in [0.3, 0.4) is 0 Å². The first-order chi connectivity index (χ1) is 8.66. The highest BCUT2D eigenvalue weighted by atomic mass is 32.1. The predicted molar refractivity (Wildman–Crippen MR) is 69.7 cm³/mol. The number of nitrogen functional groups attached to an aromatic ring is 1. The molecular weight excluding hydrogens is 250 g/mol. The van der Waals surface area contributed by atoms with Gasteiger partial charge in [-0.25, -0.2) is 4.98 Å². The Kier molecular flexibility index (Phi) is 2.27. The van der Waals surface area contributed by atoms with Crippen molar-refractivity contribution >= 4 is 33.3 Å². The number of fused-ring (bicyclic) bond motifs is 1. The number of aromatic nitrogens is 3. The van der Waals surface area contributed by atoms with Gasteiger partial charge in [0.25, 0.3) is 5.91 Å². The summed E-state index contributed by atoms with van der Waals surface area (Å²) in [6, 6.07) is 7.72. The van der Waals surface area contributed by atoms with E-state index in [2.05, 4.69) is 10.1 Å². The lowest BCUT2D eigenvalue weighted by atomic mass is 10.3. The Bertz CT molecular complexity index is 712. The van der Waals surface area contributed by atoms with Crippen LogP contribution in [0.15, 0.2) is 30.5 Å². The molecular formula is C11H9N5OS. The summed E-state index contributed by atoms with van der Waals surface area (Å²) >= 11 is 1.45. The van der Waals surface area contributed by atoms with E-state index >= 15 is 0 Å². The van der Waals surface area contributed by atoms with Crippen LogP contribution < -0.4 is 11.5 Å². The first-order valence-electron chi connectivity index (χ1n) is 5.16. The monoisotopic (exact) mass is 259 g/mol. The van der Waals surface area contributed by atoms with E-state index in [1.54, 1.807) is 0 Å². The summed E-state index contributed by atoms with van der Waals surface area (Å²) < 4.78 is 2.45. The summed E-state index contributed by atoms with van der Waals surface area (Å²) in [4.78, 5) is 15.5. The molecule has 90 valence electrons. The van der Waals surface area contributed by atoms with E-state index in [1.807, 2.05) is 24.3 Å². The fourth-order valence-electron chi connectivity index (χ4n) is 1.65. The molecule has 0 bridgehead atoms. The summed E-state index contributed by atoms with van der Waals surface area (Å²) in [6.45, 7) is 0. The van der Waals surface area contributed by atoms with Gasteiger partial charge in [-0.3, -0.25) is 4.79 Å². The second-order valence-electron chi connectivity index (χ2n) is 3.68. The second-order valence-corrected chi connectivity index (χ2v) is 4.69. The fourth-order valence-corrected chi connectivity index (χ4v) is 2.59. The normalized spacial score (nSPS) is 10.9. The number of benzene rings is 1. The fraction of sp³-hybridized carbons (Fsp3) is 0. The third kappa shape index (κ3) is 1.52. The Hall–Kier alpha value is -2.41. The number of nitrogens with zero attached hydrogens (tertiary/aromatic N) is 3. The molecule has 0 fully saturated rings. The molecule has 6 nitrogen and oxygen atoms in total. The van der Waals surface area contributed by atoms with E-state index < -0.39 is 5.91 Å². The largest absolute Gasteiger partial charge is 0.383 e. The van der Waals surface area contributed by atoms with E-state index in [4.69, 9.17) is 11.5 Å². The predicted octanol–water partition coefficient (Wildman–Crippen LogP) is 1.16. The van der Waals surface area contributed by atoms with E-state index in [-0.39, 0.29) is 11.4 Å². The molecule has 0 unspecified atom stereocenters. The number of primary amides is 1. The topological polar surface area (TPSA) is 99.8 Å². The first kappa shape index (κ1) is 10.7. The number of carbonyl (C=O) groups is 1. The number of rotatable bonds is 2. The van der Waals surface area contributed by atoms with Gasteiger partial charge in [-0.15, -0.1) is 0 Å². The van der Waals surface area contributed by atoms with Crippen molar-refractivity contribution in [1.82, 2.24) is 14.8 Å². The molecule has 0 spiro atoms. The number of hydrogen-bond donors (Lipinski definition) is 2. The zero-order valence-corrected chi connectivity index (χ0v) is 10.0. The minimum absolute atomic E-state index is 0.203. The van der Waals surface area contributed by atoms with Crippen LogP contribution in [0.5, 0.6) is 0 Å². The molecule has 1 amide bonds. The van der Waals surface area contributed by atoms with Crippen molar-refractivity contribution in [2.24, 2.45) is 5.73 Å². The van der Waals surface area contributed by atoms with Gasteiger partial charge in [0.1, 0.15) is 11.4 Å². The molecule has 7 heteroatoms. The van der Waals surface area contributed by atoms with Crippen molar-refractivity contribution in [2.45, 2.75) is 0 Å². The van der Waals surface area contributed by atoms with Crippen LogP contribution in [0.1, 0.15) is 10.4 Å². The molecule has 0 atom stereocenters. The molecule has 3 rings (SSSR count). The lowest BCUT2D eigenvalue weighted by Crippen LogP contribution is -2.13. The van der Waals surface area contributed by atoms with Crippen LogP contribution in [-0.4, -0.2) is 20.7 Å². The highest BCUT2D eigenvalue weighted by molar-refractivity contribution is 7.20. The quantitative estimate of drug-likeness (QED) is 0.721. The Labute approximate surface area is 106 Å². The van der Waals surface area contributed by atoms with Gasteiger partial charge in [0.2, 0.25) is 5.13 Å². The minimum Gasteiger partial charge on any atom is -0.383 e. The lowest BCUT2D eigenvalue weighted by molar-refractivity contribution is 0.100. The van der Waals surface area contributed by atoms with Crippen LogP contribution in [0, 0.1) is 0 Å². The van der Waals surface area contributed by atoms with Crippen molar-refractivity contribution in [3.05, 3.63) is 36.0 Å². The average molecular weight is 259 g/mol. The van der Waals surface area contributed by atoms with Gasteiger partial charge in [0.05, 0.1) is 16.4 Å². The SMILES string of the molecule is NC(=O)c1cnn(-c2nc3ccccc3s2)c1N. The van der Waals surface area contributed by atoms with Crippen molar-refractivity contribution in [3.63, 3.8) is 0 Å². The van der Waals surface area contributed by atoms with Gasteiger partial charge in [-0.1, -0.05) is 23.5 Å². The van der Waals surface area contributed by atoms with Crippen molar-refractivity contribution in [1.29, 1.82) is 0 Å². The molecule has 0 aliphatic carbocycles. The van der Waals surface area contributed by atoms with Gasteiger partial charge in [-0.05, 0) is 12.1 Å². The number of amides is 1. The van der Waals surface area contributed by atoms with E-state index in [9.17, 15) is 4.79 Å². The number of thiazole rings is 1. The highest BCUT2D eigenvalue weighted by Gasteiger charge is 2.15. The summed E-state index contributed by atoms with van der Waals surface area (Å²) in [5, 5.41) is 4.65. The summed E-state index contributed by atoms with van der Waals surface area (Å²) in [6.07, 6.45) is 1.35. The van der Waals surface area contributed by atoms with Gasteiger partial charge >= 0.3 is 0 Å². The Morgan fingerprint density at radius 1 is 1.33 bits per heavy atom.